The summed E-state index contributed by atoms with van der Waals surface area (Å²) in [6, 6.07) is 5.91. The zero-order chi connectivity index (χ0) is 13.9. The molecule has 0 amide bonds. The molecule has 2 unspecified atom stereocenters. The first-order valence-corrected chi connectivity index (χ1v) is 7.56. The van der Waals surface area contributed by atoms with Gasteiger partial charge in [0.25, 0.3) is 0 Å². The van der Waals surface area contributed by atoms with Gasteiger partial charge in [0.15, 0.2) is 11.5 Å². The summed E-state index contributed by atoms with van der Waals surface area (Å²) in [6.45, 7) is 4.14. The zero-order valence-electron chi connectivity index (χ0n) is 12.0. The lowest BCUT2D eigenvalue weighted by atomic mass is 9.98. The Morgan fingerprint density at radius 3 is 2.70 bits per heavy atom. The average Bonchev–Trinajstić information content (AvgIpc) is 3.29. The van der Waals surface area contributed by atoms with E-state index in [4.69, 9.17) is 19.9 Å². The largest absolute Gasteiger partial charge is 0.490 e. The molecular formula is C16H23NO3. The lowest BCUT2D eigenvalue weighted by Gasteiger charge is -2.24. The van der Waals surface area contributed by atoms with Crippen LogP contribution in [-0.2, 0) is 4.74 Å². The Balaban J connectivity index is 1.80. The molecule has 0 aromatic heterocycles. The van der Waals surface area contributed by atoms with Gasteiger partial charge in [0.05, 0.1) is 25.4 Å². The van der Waals surface area contributed by atoms with Gasteiger partial charge in [-0.15, -0.1) is 0 Å². The predicted molar refractivity (Wildman–Crippen MR) is 77.1 cm³/mol. The molecule has 4 heteroatoms. The van der Waals surface area contributed by atoms with Crippen molar-refractivity contribution in [3.63, 3.8) is 0 Å². The van der Waals surface area contributed by atoms with Gasteiger partial charge in [-0.05, 0) is 43.4 Å². The van der Waals surface area contributed by atoms with Crippen molar-refractivity contribution < 1.29 is 14.2 Å². The van der Waals surface area contributed by atoms with Gasteiger partial charge in [0, 0.05) is 13.0 Å². The smallest absolute Gasteiger partial charge is 0.161 e. The Hall–Kier alpha value is -1.26. The Labute approximate surface area is 120 Å². The number of rotatable bonds is 5. The quantitative estimate of drug-likeness (QED) is 0.899. The van der Waals surface area contributed by atoms with E-state index in [0.29, 0.717) is 25.7 Å². The van der Waals surface area contributed by atoms with Crippen LogP contribution in [0, 0.1) is 5.92 Å². The van der Waals surface area contributed by atoms with Crippen LogP contribution in [0.15, 0.2) is 18.2 Å². The molecule has 1 heterocycles. The van der Waals surface area contributed by atoms with E-state index in [1.807, 2.05) is 25.1 Å². The molecule has 1 aromatic carbocycles. The molecule has 1 aromatic rings. The zero-order valence-corrected chi connectivity index (χ0v) is 12.0. The summed E-state index contributed by atoms with van der Waals surface area (Å²) < 4.78 is 17.2. The molecule has 2 aliphatic rings. The van der Waals surface area contributed by atoms with Crippen molar-refractivity contribution in [2.75, 3.05) is 19.8 Å². The minimum absolute atomic E-state index is 0.0976. The van der Waals surface area contributed by atoms with Gasteiger partial charge in [-0.3, -0.25) is 0 Å². The van der Waals surface area contributed by atoms with Crippen molar-refractivity contribution in [2.45, 2.75) is 38.3 Å². The molecule has 20 heavy (non-hydrogen) atoms. The molecule has 0 radical (unpaired) electrons. The monoisotopic (exact) mass is 277 g/mol. The highest BCUT2D eigenvalue weighted by Crippen LogP contribution is 2.40. The van der Waals surface area contributed by atoms with E-state index in [0.717, 1.165) is 23.5 Å². The highest BCUT2D eigenvalue weighted by atomic mass is 16.5. The normalized spacial score (nSPS) is 21.1. The van der Waals surface area contributed by atoms with Crippen LogP contribution < -0.4 is 15.2 Å². The van der Waals surface area contributed by atoms with E-state index >= 15 is 0 Å². The summed E-state index contributed by atoms with van der Waals surface area (Å²) in [5.74, 6) is 2.24. The second-order valence-corrected chi connectivity index (χ2v) is 5.54. The maximum absolute atomic E-state index is 6.42. The Morgan fingerprint density at radius 2 is 2.00 bits per heavy atom. The lowest BCUT2D eigenvalue weighted by Crippen LogP contribution is -2.31. The molecule has 0 bridgehead atoms. The third-order valence-corrected chi connectivity index (χ3v) is 3.96. The number of benzene rings is 1. The molecule has 110 valence electrons. The van der Waals surface area contributed by atoms with Gasteiger partial charge >= 0.3 is 0 Å². The Kier molecular flexibility index (Phi) is 4.13. The highest BCUT2D eigenvalue weighted by Gasteiger charge is 2.36. The highest BCUT2D eigenvalue weighted by molar-refractivity contribution is 5.44. The van der Waals surface area contributed by atoms with Crippen LogP contribution in [0.5, 0.6) is 11.5 Å². The molecule has 2 N–H and O–H groups in total. The first kappa shape index (κ1) is 13.7. The van der Waals surface area contributed by atoms with Gasteiger partial charge in [0.2, 0.25) is 0 Å². The van der Waals surface area contributed by atoms with Crippen LogP contribution in [0.1, 0.15) is 37.8 Å². The van der Waals surface area contributed by atoms with Gasteiger partial charge in [-0.1, -0.05) is 6.07 Å². The van der Waals surface area contributed by atoms with Crippen molar-refractivity contribution in [1.82, 2.24) is 0 Å². The van der Waals surface area contributed by atoms with Crippen LogP contribution in [0.4, 0.5) is 0 Å². The Morgan fingerprint density at radius 1 is 1.25 bits per heavy atom. The molecule has 0 spiro atoms. The number of hydrogen-bond donors (Lipinski definition) is 1. The number of ether oxygens (including phenoxy) is 3. The van der Waals surface area contributed by atoms with Crippen LogP contribution in [0.3, 0.4) is 0 Å². The molecule has 3 rings (SSSR count). The lowest BCUT2D eigenvalue weighted by molar-refractivity contribution is 0.0282. The van der Waals surface area contributed by atoms with Crippen LogP contribution in [-0.4, -0.2) is 25.9 Å². The fourth-order valence-corrected chi connectivity index (χ4v) is 2.73. The standard InChI is InChI=1S/C16H23NO3/c1-2-18-16(11-4-5-11)15(17)12-6-7-13-14(10-12)20-9-3-8-19-13/h6-7,10-11,15-16H,2-5,8-9,17H2,1H3. The van der Waals surface area contributed by atoms with Crippen molar-refractivity contribution in [2.24, 2.45) is 11.7 Å². The number of nitrogens with two attached hydrogens (primary N) is 1. The molecule has 1 fully saturated rings. The van der Waals surface area contributed by atoms with Crippen LogP contribution in [0.25, 0.3) is 0 Å². The van der Waals surface area contributed by atoms with E-state index in [-0.39, 0.29) is 12.1 Å². The van der Waals surface area contributed by atoms with Crippen molar-refractivity contribution >= 4 is 0 Å². The fraction of sp³-hybridized carbons (Fsp3) is 0.625. The van der Waals surface area contributed by atoms with Gasteiger partial charge in [0.1, 0.15) is 0 Å². The maximum Gasteiger partial charge on any atom is 0.161 e. The summed E-state index contributed by atoms with van der Waals surface area (Å²) >= 11 is 0. The average molecular weight is 277 g/mol. The van der Waals surface area contributed by atoms with E-state index in [2.05, 4.69) is 0 Å². The van der Waals surface area contributed by atoms with Crippen molar-refractivity contribution in [3.8, 4) is 11.5 Å². The second kappa shape index (κ2) is 6.02. The predicted octanol–water partition coefficient (Wildman–Crippen LogP) is 2.66. The topological polar surface area (TPSA) is 53.7 Å². The Bertz CT molecular complexity index is 459. The minimum atomic E-state index is -0.0976. The maximum atomic E-state index is 6.42. The van der Waals surface area contributed by atoms with Gasteiger partial charge in [-0.2, -0.15) is 0 Å². The summed E-state index contributed by atoms with van der Waals surface area (Å²) in [5.41, 5.74) is 7.49. The molecule has 0 saturated heterocycles. The molecule has 1 aliphatic heterocycles. The molecule has 1 aliphatic carbocycles. The third kappa shape index (κ3) is 2.91. The van der Waals surface area contributed by atoms with E-state index < -0.39 is 0 Å². The first-order chi connectivity index (χ1) is 9.79. The molecule has 1 saturated carbocycles. The van der Waals surface area contributed by atoms with Crippen LogP contribution in [0.2, 0.25) is 0 Å². The van der Waals surface area contributed by atoms with E-state index in [1.54, 1.807) is 0 Å². The van der Waals surface area contributed by atoms with Crippen molar-refractivity contribution in [3.05, 3.63) is 23.8 Å². The van der Waals surface area contributed by atoms with Crippen LogP contribution >= 0.6 is 0 Å². The SMILES string of the molecule is CCOC(C1CC1)C(N)c1ccc2c(c1)OCCCO2. The molecule has 2 atom stereocenters. The summed E-state index contributed by atoms with van der Waals surface area (Å²) in [6.07, 6.45) is 3.48. The van der Waals surface area contributed by atoms with E-state index in [9.17, 15) is 0 Å². The second-order valence-electron chi connectivity index (χ2n) is 5.54. The number of fused-ring (bicyclic) bond motifs is 1. The minimum Gasteiger partial charge on any atom is -0.490 e. The third-order valence-electron chi connectivity index (χ3n) is 3.96. The summed E-state index contributed by atoms with van der Waals surface area (Å²) in [7, 11) is 0. The fourth-order valence-electron chi connectivity index (χ4n) is 2.73. The van der Waals surface area contributed by atoms with Gasteiger partial charge in [-0.25, -0.2) is 0 Å². The first-order valence-electron chi connectivity index (χ1n) is 7.56. The van der Waals surface area contributed by atoms with E-state index in [1.165, 1.54) is 12.8 Å². The van der Waals surface area contributed by atoms with Crippen molar-refractivity contribution in [1.29, 1.82) is 0 Å². The summed E-state index contributed by atoms with van der Waals surface area (Å²) in [5, 5.41) is 0. The number of hydrogen-bond acceptors (Lipinski definition) is 4. The molecule has 4 nitrogen and oxygen atoms in total. The summed E-state index contributed by atoms with van der Waals surface area (Å²) in [4.78, 5) is 0. The molecular weight excluding hydrogens is 254 g/mol. The van der Waals surface area contributed by atoms with Gasteiger partial charge < -0.3 is 19.9 Å².